The molecule has 1 heterocycles. The minimum Gasteiger partial charge on any atom is -0.344 e. The summed E-state index contributed by atoms with van der Waals surface area (Å²) in [5.41, 5.74) is 2.90. The van der Waals surface area contributed by atoms with Crippen molar-refractivity contribution in [1.29, 1.82) is 0 Å². The number of nitrogens with zero attached hydrogens (tertiary/aromatic N) is 1. The molecule has 0 saturated carbocycles. The predicted molar refractivity (Wildman–Crippen MR) is 52.9 cm³/mol. The molecule has 0 unspecified atom stereocenters. The molecule has 1 N–H and O–H groups in total. The van der Waals surface area contributed by atoms with Crippen LogP contribution in [0.2, 0.25) is 0 Å². The van der Waals surface area contributed by atoms with E-state index in [9.17, 15) is 0 Å². The van der Waals surface area contributed by atoms with Crippen molar-refractivity contribution >= 4 is 5.84 Å². The minimum atomic E-state index is 0.833. The van der Waals surface area contributed by atoms with Crippen LogP contribution in [0.15, 0.2) is 41.2 Å². The fraction of sp³-hybridized carbons (Fsp3) is 0.300. The van der Waals surface area contributed by atoms with Crippen molar-refractivity contribution in [2.24, 2.45) is 4.99 Å². The third kappa shape index (κ3) is 1.84. The molecule has 0 atom stereocenters. The van der Waals surface area contributed by atoms with Crippen LogP contribution >= 0.6 is 0 Å². The summed E-state index contributed by atoms with van der Waals surface area (Å²) in [6.07, 6.45) is 2.94. The second-order valence-corrected chi connectivity index (χ2v) is 2.88. The van der Waals surface area contributed by atoms with Crippen LogP contribution in [0.3, 0.4) is 0 Å². The van der Waals surface area contributed by atoms with Gasteiger partial charge in [-0.2, -0.15) is 0 Å². The minimum absolute atomic E-state index is 0.833. The zero-order valence-corrected chi connectivity index (χ0v) is 7.65. The molecule has 0 aromatic rings. The highest BCUT2D eigenvalue weighted by Gasteiger charge is 2.10. The molecule has 0 aliphatic carbocycles. The lowest BCUT2D eigenvalue weighted by molar-refractivity contribution is 1.06. The third-order valence-electron chi connectivity index (χ3n) is 1.59. The molecule has 1 aliphatic heterocycles. The summed E-state index contributed by atoms with van der Waals surface area (Å²) in [5.74, 6) is 0.833. The van der Waals surface area contributed by atoms with Crippen molar-refractivity contribution < 1.29 is 0 Å². The van der Waals surface area contributed by atoms with E-state index in [-0.39, 0.29) is 0 Å². The van der Waals surface area contributed by atoms with E-state index in [0.29, 0.717) is 0 Å². The lowest BCUT2D eigenvalue weighted by atomic mass is 10.2. The third-order valence-corrected chi connectivity index (χ3v) is 1.59. The number of rotatable bonds is 2. The van der Waals surface area contributed by atoms with E-state index in [1.165, 1.54) is 0 Å². The van der Waals surface area contributed by atoms with Crippen LogP contribution in [0.25, 0.3) is 0 Å². The number of allylic oxidation sites excluding steroid dienone is 2. The molecule has 12 heavy (non-hydrogen) atoms. The molecule has 0 saturated heterocycles. The van der Waals surface area contributed by atoms with Crippen molar-refractivity contribution in [3.05, 3.63) is 36.2 Å². The molecule has 2 heteroatoms. The standard InChI is InChI=1S/C10H14N2/c1-5-9-6-8(4)10(12-9)11-7(2)3/h6H,2,4-5H2,1,3H3,(H,11,12). The molecular formula is C10H14N2. The van der Waals surface area contributed by atoms with Gasteiger partial charge in [0.2, 0.25) is 0 Å². The van der Waals surface area contributed by atoms with E-state index in [2.05, 4.69) is 30.4 Å². The summed E-state index contributed by atoms with van der Waals surface area (Å²) in [6.45, 7) is 11.6. The predicted octanol–water partition coefficient (Wildman–Crippen LogP) is 2.37. The van der Waals surface area contributed by atoms with E-state index in [1.54, 1.807) is 0 Å². The first-order valence-corrected chi connectivity index (χ1v) is 4.04. The van der Waals surface area contributed by atoms with Gasteiger partial charge < -0.3 is 5.32 Å². The Balaban J connectivity index is 2.71. The first-order valence-electron chi connectivity index (χ1n) is 4.04. The molecule has 0 amide bonds. The first kappa shape index (κ1) is 8.78. The van der Waals surface area contributed by atoms with E-state index >= 15 is 0 Å². The van der Waals surface area contributed by atoms with Gasteiger partial charge in [-0.3, -0.25) is 0 Å². The van der Waals surface area contributed by atoms with Crippen molar-refractivity contribution in [2.75, 3.05) is 0 Å². The highest BCUT2D eigenvalue weighted by molar-refractivity contribution is 6.03. The Labute approximate surface area is 73.4 Å². The average molecular weight is 162 g/mol. The molecule has 0 spiro atoms. The molecule has 0 fully saturated rings. The second-order valence-electron chi connectivity index (χ2n) is 2.88. The Hall–Kier alpha value is -1.31. The van der Waals surface area contributed by atoms with Gasteiger partial charge in [-0.1, -0.05) is 20.1 Å². The molecular weight excluding hydrogens is 148 g/mol. The summed E-state index contributed by atoms with van der Waals surface area (Å²) in [5, 5.41) is 3.06. The van der Waals surface area contributed by atoms with Crippen LogP contribution in [-0.4, -0.2) is 5.84 Å². The average Bonchev–Trinajstić information content (AvgIpc) is 2.31. The summed E-state index contributed by atoms with van der Waals surface area (Å²) >= 11 is 0. The fourth-order valence-electron chi connectivity index (χ4n) is 1.01. The van der Waals surface area contributed by atoms with Crippen molar-refractivity contribution in [3.63, 3.8) is 0 Å². The monoisotopic (exact) mass is 162 g/mol. The molecule has 0 bridgehead atoms. The van der Waals surface area contributed by atoms with Crippen molar-refractivity contribution in [3.8, 4) is 0 Å². The summed E-state index contributed by atoms with van der Waals surface area (Å²) in [6, 6.07) is 0. The van der Waals surface area contributed by atoms with Crippen molar-refractivity contribution in [1.82, 2.24) is 5.32 Å². The quantitative estimate of drug-likeness (QED) is 0.662. The normalized spacial score (nSPS) is 15.7. The highest BCUT2D eigenvalue weighted by Crippen LogP contribution is 2.16. The zero-order valence-electron chi connectivity index (χ0n) is 7.65. The molecule has 0 aromatic heterocycles. The maximum atomic E-state index is 4.33. The van der Waals surface area contributed by atoms with Crippen LogP contribution in [0.1, 0.15) is 20.3 Å². The second kappa shape index (κ2) is 3.39. The molecule has 0 radical (unpaired) electrons. The molecule has 1 aliphatic rings. The lowest BCUT2D eigenvalue weighted by Gasteiger charge is -2.03. The number of nitrogens with one attached hydrogen (secondary N) is 1. The maximum absolute atomic E-state index is 4.33. The van der Waals surface area contributed by atoms with Crippen LogP contribution < -0.4 is 5.32 Å². The molecule has 64 valence electrons. The van der Waals surface area contributed by atoms with E-state index in [1.807, 2.05) is 13.0 Å². The molecule has 1 rings (SSSR count). The van der Waals surface area contributed by atoms with Crippen LogP contribution in [0.5, 0.6) is 0 Å². The Bertz CT molecular complexity index is 282. The number of aliphatic imine (C=N–C) groups is 1. The van der Waals surface area contributed by atoms with E-state index < -0.39 is 0 Å². The first-order chi connectivity index (χ1) is 5.63. The largest absolute Gasteiger partial charge is 0.344 e. The van der Waals surface area contributed by atoms with Gasteiger partial charge in [-0.15, -0.1) is 0 Å². The van der Waals surface area contributed by atoms with Crippen molar-refractivity contribution in [2.45, 2.75) is 20.3 Å². The lowest BCUT2D eigenvalue weighted by Crippen LogP contribution is -2.19. The highest BCUT2D eigenvalue weighted by atomic mass is 15.0. The van der Waals surface area contributed by atoms with Crippen LogP contribution in [-0.2, 0) is 0 Å². The zero-order chi connectivity index (χ0) is 9.14. The SMILES string of the molecule is C=C(C)NC1=NC(CC)=CC1=C. The maximum Gasteiger partial charge on any atom is 0.137 e. The molecule has 0 aromatic carbocycles. The molecule has 2 nitrogen and oxygen atoms in total. The number of hydrogen-bond donors (Lipinski definition) is 1. The van der Waals surface area contributed by atoms with E-state index in [0.717, 1.165) is 29.2 Å². The van der Waals surface area contributed by atoms with Gasteiger partial charge >= 0.3 is 0 Å². The van der Waals surface area contributed by atoms with Gasteiger partial charge in [0.1, 0.15) is 5.84 Å². The number of hydrogen-bond acceptors (Lipinski definition) is 2. The van der Waals surface area contributed by atoms with Crippen LogP contribution in [0.4, 0.5) is 0 Å². The Morgan fingerprint density at radius 1 is 1.67 bits per heavy atom. The van der Waals surface area contributed by atoms with Gasteiger partial charge in [0.05, 0.1) is 0 Å². The Morgan fingerprint density at radius 2 is 2.33 bits per heavy atom. The van der Waals surface area contributed by atoms with Gasteiger partial charge in [-0.25, -0.2) is 4.99 Å². The topological polar surface area (TPSA) is 24.4 Å². The summed E-state index contributed by atoms with van der Waals surface area (Å²) in [4.78, 5) is 4.33. The Kier molecular flexibility index (Phi) is 2.48. The van der Waals surface area contributed by atoms with Gasteiger partial charge in [0.15, 0.2) is 0 Å². The van der Waals surface area contributed by atoms with Crippen LogP contribution in [0, 0.1) is 0 Å². The van der Waals surface area contributed by atoms with Gasteiger partial charge in [0, 0.05) is 17.0 Å². The van der Waals surface area contributed by atoms with E-state index in [4.69, 9.17) is 0 Å². The Morgan fingerprint density at radius 3 is 2.75 bits per heavy atom. The van der Waals surface area contributed by atoms with Gasteiger partial charge in [-0.05, 0) is 19.4 Å². The fourth-order valence-corrected chi connectivity index (χ4v) is 1.01. The van der Waals surface area contributed by atoms with Gasteiger partial charge in [0.25, 0.3) is 0 Å². The summed E-state index contributed by atoms with van der Waals surface area (Å²) in [7, 11) is 0. The smallest absolute Gasteiger partial charge is 0.137 e. The number of amidine groups is 1. The summed E-state index contributed by atoms with van der Waals surface area (Å²) < 4.78 is 0.